The summed E-state index contributed by atoms with van der Waals surface area (Å²) < 4.78 is 28.5. The lowest BCUT2D eigenvalue weighted by Crippen LogP contribution is -2.26. The van der Waals surface area contributed by atoms with Crippen molar-refractivity contribution in [3.05, 3.63) is 77.9 Å². The molecule has 6 heteroatoms. The number of hydrogen-bond donors (Lipinski definition) is 1. The number of carbonyl (C=O) groups is 2. The van der Waals surface area contributed by atoms with Crippen LogP contribution in [0.3, 0.4) is 0 Å². The van der Waals surface area contributed by atoms with Crippen LogP contribution < -0.4 is 10.1 Å². The van der Waals surface area contributed by atoms with Crippen LogP contribution in [0.1, 0.15) is 28.8 Å². The lowest BCUT2D eigenvalue weighted by Gasteiger charge is -2.07. The fraction of sp³-hybridized carbons (Fsp3) is 0.217. The molecule has 0 unspecified atom stereocenters. The number of nitrogens with one attached hydrogen (secondary N) is 1. The molecule has 1 amide bonds. The normalized spacial score (nSPS) is 10.9. The molecule has 0 aliphatic heterocycles. The Morgan fingerprint density at radius 1 is 0.897 bits per heavy atom. The smallest absolute Gasteiger partial charge is 0.387 e. The molecule has 0 radical (unpaired) electrons. The van der Waals surface area contributed by atoms with Gasteiger partial charge in [-0.05, 0) is 41.0 Å². The highest BCUT2D eigenvalue weighted by Crippen LogP contribution is 2.17. The van der Waals surface area contributed by atoms with Gasteiger partial charge in [-0.15, -0.1) is 0 Å². The number of fused-ring (bicyclic) bond motifs is 1. The van der Waals surface area contributed by atoms with Crippen molar-refractivity contribution in [1.29, 1.82) is 0 Å². The van der Waals surface area contributed by atoms with Crippen molar-refractivity contribution in [2.45, 2.75) is 25.9 Å². The van der Waals surface area contributed by atoms with Gasteiger partial charge in [-0.1, -0.05) is 48.5 Å². The van der Waals surface area contributed by atoms with Crippen LogP contribution in [0.5, 0.6) is 5.75 Å². The molecule has 0 aliphatic rings. The second kappa shape index (κ2) is 9.78. The number of alkyl halides is 2. The molecule has 0 saturated heterocycles. The Labute approximate surface area is 167 Å². The van der Waals surface area contributed by atoms with E-state index in [0.717, 1.165) is 16.3 Å². The van der Waals surface area contributed by atoms with Gasteiger partial charge in [0.2, 0.25) is 5.91 Å². The first-order chi connectivity index (χ1) is 14.0. The fourth-order valence-electron chi connectivity index (χ4n) is 3.01. The minimum Gasteiger partial charge on any atom is -0.435 e. The predicted octanol–water partition coefficient (Wildman–Crippen LogP) is 4.76. The van der Waals surface area contributed by atoms with E-state index in [1.807, 2.05) is 36.4 Å². The number of benzene rings is 3. The van der Waals surface area contributed by atoms with Crippen molar-refractivity contribution >= 4 is 22.5 Å². The van der Waals surface area contributed by atoms with Crippen LogP contribution in [0.25, 0.3) is 10.8 Å². The highest BCUT2D eigenvalue weighted by molar-refractivity contribution is 6.01. The third kappa shape index (κ3) is 6.10. The zero-order chi connectivity index (χ0) is 20.6. The number of rotatable bonds is 9. The van der Waals surface area contributed by atoms with E-state index in [1.165, 1.54) is 12.1 Å². The maximum atomic E-state index is 12.4. The lowest BCUT2D eigenvalue weighted by atomic mass is 10.0. The standard InChI is InChI=1S/C23H21F2NO3/c24-23(25)29-20-9-5-16(6-10-20)13-14-26-22(28)12-11-21(27)19-8-7-17-3-1-2-4-18(17)15-19/h1-10,15,23H,11-14H2,(H,26,28). The monoisotopic (exact) mass is 397 g/mol. The number of halogens is 2. The van der Waals surface area contributed by atoms with Gasteiger partial charge in [0.1, 0.15) is 5.75 Å². The quantitative estimate of drug-likeness (QED) is 0.530. The summed E-state index contributed by atoms with van der Waals surface area (Å²) in [5.41, 5.74) is 1.49. The molecule has 0 heterocycles. The number of Topliss-reactive ketones (excluding diaryl/α,β-unsaturated/α-hetero) is 1. The van der Waals surface area contributed by atoms with Crippen LogP contribution in [-0.2, 0) is 11.2 Å². The Balaban J connectivity index is 1.41. The minimum absolute atomic E-state index is 0.0690. The van der Waals surface area contributed by atoms with Gasteiger partial charge in [0.25, 0.3) is 0 Å². The van der Waals surface area contributed by atoms with E-state index in [2.05, 4.69) is 10.1 Å². The summed E-state index contributed by atoms with van der Waals surface area (Å²) in [4.78, 5) is 24.3. The summed E-state index contributed by atoms with van der Waals surface area (Å²) in [7, 11) is 0. The van der Waals surface area contributed by atoms with Crippen molar-refractivity contribution in [1.82, 2.24) is 5.32 Å². The third-order valence-corrected chi connectivity index (χ3v) is 4.53. The Bertz CT molecular complexity index is 987. The zero-order valence-electron chi connectivity index (χ0n) is 15.7. The van der Waals surface area contributed by atoms with Crippen molar-refractivity contribution < 1.29 is 23.1 Å². The highest BCUT2D eigenvalue weighted by atomic mass is 19.3. The molecule has 0 bridgehead atoms. The van der Waals surface area contributed by atoms with E-state index in [4.69, 9.17) is 0 Å². The Kier molecular flexibility index (Phi) is 6.89. The predicted molar refractivity (Wildman–Crippen MR) is 107 cm³/mol. The van der Waals surface area contributed by atoms with E-state index in [-0.39, 0.29) is 30.3 Å². The molecular formula is C23H21F2NO3. The summed E-state index contributed by atoms with van der Waals surface area (Å²) in [6, 6.07) is 19.6. The molecule has 29 heavy (non-hydrogen) atoms. The first kappa shape index (κ1) is 20.5. The van der Waals surface area contributed by atoms with Crippen LogP contribution >= 0.6 is 0 Å². The van der Waals surface area contributed by atoms with Crippen molar-refractivity contribution in [3.63, 3.8) is 0 Å². The largest absolute Gasteiger partial charge is 0.435 e. The van der Waals surface area contributed by atoms with Crippen LogP contribution in [-0.4, -0.2) is 24.8 Å². The number of ether oxygens (including phenoxy) is 1. The Morgan fingerprint density at radius 3 is 2.34 bits per heavy atom. The molecule has 150 valence electrons. The van der Waals surface area contributed by atoms with Crippen molar-refractivity contribution in [2.75, 3.05) is 6.54 Å². The van der Waals surface area contributed by atoms with E-state index < -0.39 is 6.61 Å². The van der Waals surface area contributed by atoms with Gasteiger partial charge >= 0.3 is 6.61 Å². The van der Waals surface area contributed by atoms with E-state index in [1.54, 1.807) is 18.2 Å². The summed E-state index contributed by atoms with van der Waals surface area (Å²) in [6.45, 7) is -2.45. The van der Waals surface area contributed by atoms with Crippen molar-refractivity contribution in [3.8, 4) is 5.75 Å². The molecule has 1 N–H and O–H groups in total. The number of carbonyl (C=O) groups excluding carboxylic acids is 2. The first-order valence-corrected chi connectivity index (χ1v) is 9.34. The van der Waals surface area contributed by atoms with Gasteiger partial charge in [-0.25, -0.2) is 0 Å². The second-order valence-corrected chi connectivity index (χ2v) is 6.61. The van der Waals surface area contributed by atoms with Crippen molar-refractivity contribution in [2.24, 2.45) is 0 Å². The van der Waals surface area contributed by atoms with Gasteiger partial charge in [-0.3, -0.25) is 9.59 Å². The SMILES string of the molecule is O=C(CCC(=O)c1ccc2ccccc2c1)NCCc1ccc(OC(F)F)cc1. The van der Waals surface area contributed by atoms with Crippen LogP contribution in [0.2, 0.25) is 0 Å². The average Bonchev–Trinajstić information content (AvgIpc) is 2.72. The Hall–Kier alpha value is -3.28. The third-order valence-electron chi connectivity index (χ3n) is 4.53. The van der Waals surface area contributed by atoms with Crippen LogP contribution in [0.15, 0.2) is 66.7 Å². The molecule has 3 aromatic carbocycles. The van der Waals surface area contributed by atoms with Gasteiger partial charge in [-0.2, -0.15) is 8.78 Å². The molecule has 0 atom stereocenters. The van der Waals surface area contributed by atoms with Crippen LogP contribution in [0, 0.1) is 0 Å². The van der Waals surface area contributed by atoms with E-state index in [9.17, 15) is 18.4 Å². The van der Waals surface area contributed by atoms with E-state index in [0.29, 0.717) is 18.5 Å². The van der Waals surface area contributed by atoms with Gasteiger partial charge < -0.3 is 10.1 Å². The summed E-state index contributed by atoms with van der Waals surface area (Å²) in [5.74, 6) is -0.169. The molecule has 0 fully saturated rings. The number of hydrogen-bond acceptors (Lipinski definition) is 3. The van der Waals surface area contributed by atoms with Gasteiger partial charge in [0.05, 0.1) is 0 Å². The molecule has 0 aliphatic carbocycles. The first-order valence-electron chi connectivity index (χ1n) is 9.34. The Morgan fingerprint density at radius 2 is 1.62 bits per heavy atom. The molecule has 0 saturated carbocycles. The average molecular weight is 397 g/mol. The zero-order valence-corrected chi connectivity index (χ0v) is 15.7. The van der Waals surface area contributed by atoms with Gasteiger partial charge in [0.15, 0.2) is 5.78 Å². The molecule has 0 aromatic heterocycles. The fourth-order valence-corrected chi connectivity index (χ4v) is 3.01. The molecule has 3 rings (SSSR count). The highest BCUT2D eigenvalue weighted by Gasteiger charge is 2.10. The van der Waals surface area contributed by atoms with Gasteiger partial charge in [0, 0.05) is 24.9 Å². The van der Waals surface area contributed by atoms with Crippen LogP contribution in [0.4, 0.5) is 8.78 Å². The second-order valence-electron chi connectivity index (χ2n) is 6.61. The number of amides is 1. The summed E-state index contributed by atoms with van der Waals surface area (Å²) in [5, 5.41) is 4.83. The summed E-state index contributed by atoms with van der Waals surface area (Å²) >= 11 is 0. The van der Waals surface area contributed by atoms with E-state index >= 15 is 0 Å². The minimum atomic E-state index is -2.85. The molecule has 3 aromatic rings. The molecule has 4 nitrogen and oxygen atoms in total. The maximum Gasteiger partial charge on any atom is 0.387 e. The maximum absolute atomic E-state index is 12.4. The topological polar surface area (TPSA) is 55.4 Å². The molecular weight excluding hydrogens is 376 g/mol. The molecule has 0 spiro atoms. The lowest BCUT2D eigenvalue weighted by molar-refractivity contribution is -0.121. The number of ketones is 1. The summed E-state index contributed by atoms with van der Waals surface area (Å²) in [6.07, 6.45) is 0.815.